The van der Waals surface area contributed by atoms with E-state index in [1.807, 2.05) is 6.07 Å². The minimum absolute atomic E-state index is 0.141. The summed E-state index contributed by atoms with van der Waals surface area (Å²) in [5.74, 6) is -0.658. The molecule has 0 spiro atoms. The van der Waals surface area contributed by atoms with Crippen LogP contribution in [0.1, 0.15) is 53.9 Å². The van der Waals surface area contributed by atoms with Gasteiger partial charge in [0.1, 0.15) is 0 Å². The molecule has 0 aromatic heterocycles. The van der Waals surface area contributed by atoms with E-state index in [1.165, 1.54) is 19.3 Å². The van der Waals surface area contributed by atoms with Crippen LogP contribution >= 0.6 is 0 Å². The molecule has 1 aliphatic carbocycles. The molecule has 1 saturated carbocycles. The molecular weight excluding hydrogens is 399 g/mol. The van der Waals surface area contributed by atoms with E-state index in [2.05, 4.69) is 0 Å². The Morgan fingerprint density at radius 1 is 1.00 bits per heavy atom. The van der Waals surface area contributed by atoms with Crippen molar-refractivity contribution in [1.82, 2.24) is 0 Å². The number of benzene rings is 2. The molecule has 131 valence electrons. The molecule has 25 heavy (non-hydrogen) atoms. The standard InChI is InChI=1S/C19H20AsO4S/c21-19(22)17-13-15(14-7-3-1-4-8-14)11-12-18(17)20-25(23,24)16-9-5-2-6-10-16/h2,5-6,9-14H,1,3-4,7-8H2,(H,21,22). The molecule has 2 aromatic carbocycles. The number of carboxylic acids is 1. The maximum absolute atomic E-state index is 12.6. The van der Waals surface area contributed by atoms with Gasteiger partial charge in [-0.15, -0.1) is 0 Å². The minimum atomic E-state index is -3.48. The monoisotopic (exact) mass is 419 g/mol. The van der Waals surface area contributed by atoms with E-state index in [9.17, 15) is 18.3 Å². The quantitative estimate of drug-likeness (QED) is 0.756. The zero-order chi connectivity index (χ0) is 17.9. The Hall–Kier alpha value is -1.58. The maximum atomic E-state index is 12.6. The van der Waals surface area contributed by atoms with E-state index in [-0.39, 0.29) is 10.5 Å². The molecule has 0 atom stereocenters. The van der Waals surface area contributed by atoms with Gasteiger partial charge in [-0.1, -0.05) is 0 Å². The van der Waals surface area contributed by atoms with Crippen molar-refractivity contribution in [3.63, 3.8) is 0 Å². The van der Waals surface area contributed by atoms with Crippen LogP contribution in [0.25, 0.3) is 0 Å². The number of hydrogen-bond donors (Lipinski definition) is 1. The van der Waals surface area contributed by atoms with Gasteiger partial charge >= 0.3 is 154 Å². The van der Waals surface area contributed by atoms with Gasteiger partial charge in [0.25, 0.3) is 0 Å². The van der Waals surface area contributed by atoms with Gasteiger partial charge in [-0.2, -0.15) is 0 Å². The van der Waals surface area contributed by atoms with E-state index in [1.54, 1.807) is 42.5 Å². The number of aromatic carboxylic acids is 1. The summed E-state index contributed by atoms with van der Waals surface area (Å²) in [7, 11) is -3.48. The summed E-state index contributed by atoms with van der Waals surface area (Å²) in [4.78, 5) is 12.0. The average molecular weight is 419 g/mol. The fraction of sp³-hybridized carbons (Fsp3) is 0.316. The van der Waals surface area contributed by atoms with E-state index in [4.69, 9.17) is 0 Å². The van der Waals surface area contributed by atoms with Gasteiger partial charge in [0.15, 0.2) is 0 Å². The van der Waals surface area contributed by atoms with Crippen molar-refractivity contribution >= 4 is 33.0 Å². The van der Waals surface area contributed by atoms with Crippen molar-refractivity contribution in [2.75, 3.05) is 0 Å². The van der Waals surface area contributed by atoms with Gasteiger partial charge in [0.2, 0.25) is 0 Å². The van der Waals surface area contributed by atoms with Crippen LogP contribution in [0, 0.1) is 0 Å². The van der Waals surface area contributed by atoms with Crippen LogP contribution in [-0.4, -0.2) is 34.1 Å². The third-order valence-corrected chi connectivity index (χ3v) is 10.8. The molecule has 0 saturated heterocycles. The predicted octanol–water partition coefficient (Wildman–Crippen LogP) is 3.15. The van der Waals surface area contributed by atoms with E-state index in [0.717, 1.165) is 18.4 Å². The third-order valence-electron chi connectivity index (χ3n) is 4.59. The molecule has 0 aliphatic heterocycles. The van der Waals surface area contributed by atoms with Crippen LogP contribution in [0.3, 0.4) is 0 Å². The molecule has 3 rings (SSSR count). The normalized spacial score (nSPS) is 16.3. The summed E-state index contributed by atoms with van der Waals surface area (Å²) in [5.41, 5.74) is 1.17. The van der Waals surface area contributed by atoms with E-state index < -0.39 is 28.7 Å². The zero-order valence-corrected chi connectivity index (χ0v) is 16.5. The SMILES string of the molecule is O=C(O)c1cc(C2CCCCC2)ccc1[As]S(=O)(=O)c1ccccc1. The Bertz CT molecular complexity index is 856. The second-order valence-electron chi connectivity index (χ2n) is 6.30. The molecule has 0 heterocycles. The number of hydrogen-bond acceptors (Lipinski definition) is 3. The van der Waals surface area contributed by atoms with Gasteiger partial charge < -0.3 is 0 Å². The number of carboxylic acid groups (broad SMARTS) is 1. The second kappa shape index (κ2) is 7.75. The molecule has 1 aliphatic rings. The summed E-state index contributed by atoms with van der Waals surface area (Å²) in [5, 5.41) is 9.58. The summed E-state index contributed by atoms with van der Waals surface area (Å²) in [6.45, 7) is 0. The first-order valence-corrected chi connectivity index (χ1v) is 13.1. The number of rotatable bonds is 5. The van der Waals surface area contributed by atoms with Gasteiger partial charge in [0, 0.05) is 0 Å². The molecule has 1 fully saturated rings. The molecule has 2 aromatic rings. The summed E-state index contributed by atoms with van der Waals surface area (Å²) in [6.07, 6.45) is 5.73. The zero-order valence-electron chi connectivity index (χ0n) is 13.8. The van der Waals surface area contributed by atoms with E-state index >= 15 is 0 Å². The molecule has 1 N–H and O–H groups in total. The van der Waals surface area contributed by atoms with Gasteiger partial charge in [0.05, 0.1) is 0 Å². The first-order valence-electron chi connectivity index (χ1n) is 8.38. The summed E-state index contributed by atoms with van der Waals surface area (Å²) < 4.78 is 25.7. The topological polar surface area (TPSA) is 71.4 Å². The van der Waals surface area contributed by atoms with Crippen molar-refractivity contribution in [2.45, 2.75) is 42.9 Å². The van der Waals surface area contributed by atoms with Gasteiger partial charge in [-0.25, -0.2) is 0 Å². The average Bonchev–Trinajstić information content (AvgIpc) is 2.63. The molecule has 0 unspecified atom stereocenters. The van der Waals surface area contributed by atoms with Gasteiger partial charge in [-0.3, -0.25) is 0 Å². The van der Waals surface area contributed by atoms with Crippen molar-refractivity contribution in [3.05, 3.63) is 59.7 Å². The third kappa shape index (κ3) is 4.34. The Labute approximate surface area is 153 Å². The summed E-state index contributed by atoms with van der Waals surface area (Å²) >= 11 is -1.32. The Morgan fingerprint density at radius 2 is 1.68 bits per heavy atom. The fourth-order valence-electron chi connectivity index (χ4n) is 3.27. The van der Waals surface area contributed by atoms with Crippen LogP contribution in [0.5, 0.6) is 0 Å². The first kappa shape index (κ1) is 18.2. The predicted molar refractivity (Wildman–Crippen MR) is 98.2 cm³/mol. The van der Waals surface area contributed by atoms with Gasteiger partial charge in [-0.05, 0) is 0 Å². The van der Waals surface area contributed by atoms with Crippen LogP contribution in [0.15, 0.2) is 53.4 Å². The fourth-order valence-corrected chi connectivity index (χ4v) is 8.85. The second-order valence-corrected chi connectivity index (χ2v) is 13.1. The van der Waals surface area contributed by atoms with Crippen LogP contribution in [0.4, 0.5) is 0 Å². The molecule has 6 heteroatoms. The Morgan fingerprint density at radius 3 is 2.32 bits per heavy atom. The first-order chi connectivity index (χ1) is 12.0. The molecule has 0 amide bonds. The number of carbonyl (C=O) groups is 1. The molecular formula is C19H20AsO4S. The molecule has 0 bridgehead atoms. The van der Waals surface area contributed by atoms with Crippen LogP contribution in [0.2, 0.25) is 0 Å². The van der Waals surface area contributed by atoms with Crippen molar-refractivity contribution in [1.29, 1.82) is 0 Å². The molecule has 4 nitrogen and oxygen atoms in total. The van der Waals surface area contributed by atoms with Crippen molar-refractivity contribution in [2.24, 2.45) is 0 Å². The summed E-state index contributed by atoms with van der Waals surface area (Å²) in [6, 6.07) is 13.6. The Kier molecular flexibility index (Phi) is 5.65. The van der Waals surface area contributed by atoms with Crippen molar-refractivity contribution in [3.8, 4) is 0 Å². The Balaban J connectivity index is 1.92. The van der Waals surface area contributed by atoms with Crippen LogP contribution < -0.4 is 4.35 Å². The van der Waals surface area contributed by atoms with Crippen molar-refractivity contribution < 1.29 is 18.3 Å². The molecule has 1 radical (unpaired) electrons. The van der Waals surface area contributed by atoms with Crippen LogP contribution in [-0.2, 0) is 8.10 Å². The van der Waals surface area contributed by atoms with E-state index in [0.29, 0.717) is 10.3 Å².